The van der Waals surface area contributed by atoms with Gasteiger partial charge in [-0.15, -0.1) is 0 Å². The van der Waals surface area contributed by atoms with E-state index in [0.29, 0.717) is 0 Å². The first kappa shape index (κ1) is 20.3. The fourth-order valence-electron chi connectivity index (χ4n) is 0. The van der Waals surface area contributed by atoms with Crippen LogP contribution in [-0.4, -0.2) is 42.2 Å². The third kappa shape index (κ3) is 76.3. The molecule has 0 amide bonds. The molecule has 0 aromatic heterocycles. The van der Waals surface area contributed by atoms with Crippen molar-refractivity contribution in [2.75, 3.05) is 0 Å². The summed E-state index contributed by atoms with van der Waals surface area (Å²) in [7, 11) is 20.0. The van der Waals surface area contributed by atoms with E-state index >= 15 is 0 Å². The van der Waals surface area contributed by atoms with E-state index in [9.17, 15) is 0 Å². The monoisotopic (exact) mass is 468 g/mol. The van der Waals surface area contributed by atoms with Crippen LogP contribution in [0.5, 0.6) is 0 Å². The summed E-state index contributed by atoms with van der Waals surface area (Å²) in [5, 5.41) is 0. The van der Waals surface area contributed by atoms with Crippen molar-refractivity contribution in [3.05, 3.63) is 0 Å². The molecule has 0 aliphatic heterocycles. The van der Waals surface area contributed by atoms with Crippen molar-refractivity contribution in [2.24, 2.45) is 0 Å². The van der Waals surface area contributed by atoms with E-state index in [0.717, 1.165) is 0 Å². The standard InChI is InChI=1S/Al.Ca.6ClH.HI.Zn/h;;7*1H;/q+3;+2;;;;;;;;+2/p-7. The molecule has 0 rings (SSSR count). The zero-order valence-corrected chi connectivity index (χ0v) is 17.7. The van der Waals surface area contributed by atoms with Crippen LogP contribution < -0.4 is 0 Å². The molecule has 0 heterocycles. The predicted octanol–water partition coefficient (Wildman–Crippen LogP) is 4.26. The molecule has 0 aromatic rings. The number of hydrogen-bond donors (Lipinski definition) is 0. The first-order valence-corrected chi connectivity index (χ1v) is 26.0. The molecule has 0 bridgehead atoms. The van der Waals surface area contributed by atoms with E-state index in [1.54, 1.807) is 0 Å². The van der Waals surface area contributed by atoms with Gasteiger partial charge >= 0.3 is 97.1 Å². The molecule has 0 unspecified atom stereocenters. The summed E-state index contributed by atoms with van der Waals surface area (Å²) < 4.78 is 0. The van der Waals surface area contributed by atoms with Crippen LogP contribution in [0.25, 0.3) is 0 Å². The summed E-state index contributed by atoms with van der Waals surface area (Å²) in [6.07, 6.45) is 9.90. The molecule has 0 N–H and O–H groups in total. The molecule has 0 atom stereocenters. The van der Waals surface area contributed by atoms with Gasteiger partial charge in [-0.3, -0.25) is 0 Å². The van der Waals surface area contributed by atoms with Gasteiger partial charge in [-0.1, -0.05) is 0 Å². The Balaban J connectivity index is -0.0000000750. The van der Waals surface area contributed by atoms with E-state index in [4.69, 9.17) is 52.6 Å². The number of rotatable bonds is 0. The quantitative estimate of drug-likeness (QED) is 0.366. The van der Waals surface area contributed by atoms with Crippen LogP contribution in [0.15, 0.2) is 0 Å². The SMILES string of the molecule is [Cl][Al]([Cl])[Cl].[Cl][Ca][Cl].[Cl][Zn][I]. The first-order valence-electron chi connectivity index (χ1n) is 1.72. The maximum atomic E-state index is 5.17. The van der Waals surface area contributed by atoms with Gasteiger partial charge in [0.1, 0.15) is 0 Å². The molecule has 0 saturated heterocycles. The van der Waals surface area contributed by atoms with Gasteiger partial charge in [0, 0.05) is 0 Å². The Bertz CT molecular complexity index is 34.2. The van der Waals surface area contributed by atoms with E-state index in [2.05, 4.69) is 19.8 Å². The summed E-state index contributed by atoms with van der Waals surface area (Å²) in [6, 6.07) is 0. The molecule has 0 aliphatic carbocycles. The third-order valence-corrected chi connectivity index (χ3v) is 0. The van der Waals surface area contributed by atoms with Crippen LogP contribution in [0.3, 0.4) is 0 Å². The zero-order chi connectivity index (χ0) is 8.99. The van der Waals surface area contributed by atoms with Gasteiger partial charge in [0.15, 0.2) is 0 Å². The van der Waals surface area contributed by atoms with Crippen LogP contribution in [-0.2, 0) is 12.6 Å². The summed E-state index contributed by atoms with van der Waals surface area (Å²) in [6.45, 7) is 0. The fourth-order valence-corrected chi connectivity index (χ4v) is 0. The second kappa shape index (κ2) is 23.6. The normalized spacial score (nSPS) is 4.70. The maximum absolute atomic E-state index is 5.17. The molecule has 0 fully saturated rings. The van der Waals surface area contributed by atoms with Gasteiger partial charge in [0.25, 0.3) is 0 Å². The van der Waals surface area contributed by atoms with Crippen molar-refractivity contribution in [3.63, 3.8) is 0 Å². The minimum absolute atomic E-state index is 0.433. The van der Waals surface area contributed by atoms with Crippen molar-refractivity contribution in [1.29, 1.82) is 0 Å². The van der Waals surface area contributed by atoms with Gasteiger partial charge in [-0.25, -0.2) is 30.1 Å². The summed E-state index contributed by atoms with van der Waals surface area (Å²) in [4.78, 5) is 0. The first-order chi connectivity index (χ1) is 4.56. The van der Waals surface area contributed by atoms with Crippen LogP contribution in [0.1, 0.15) is 0 Å². The van der Waals surface area contributed by atoms with E-state index in [-0.39, 0.29) is 0 Å². The van der Waals surface area contributed by atoms with Crippen LogP contribution in [0.2, 0.25) is 0 Å². The van der Waals surface area contributed by atoms with Gasteiger partial charge in [-0.2, -0.15) is 0 Å². The van der Waals surface area contributed by atoms with Crippen molar-refractivity contribution in [3.8, 4) is 0 Å². The van der Waals surface area contributed by atoms with Crippen molar-refractivity contribution >= 4 is 115 Å². The predicted molar refractivity (Wildman–Crippen MR) is 60.6 cm³/mol. The van der Waals surface area contributed by atoms with Crippen LogP contribution in [0.4, 0.5) is 0 Å². The Labute approximate surface area is 124 Å². The minimum atomic E-state index is -1.72. The van der Waals surface area contributed by atoms with Crippen molar-refractivity contribution in [2.45, 2.75) is 0 Å². The van der Waals surface area contributed by atoms with Crippen LogP contribution >= 0.6 is 72.4 Å². The second-order valence-corrected chi connectivity index (χ2v) is 21.0. The van der Waals surface area contributed by atoms with Gasteiger partial charge < -0.3 is 0 Å². The molecule has 0 spiro atoms. The molecule has 0 saturated carbocycles. The third-order valence-electron chi connectivity index (χ3n) is 0. The molecule has 10 heteroatoms. The fraction of sp³-hybridized carbons (Fsp3) is 0. The molecule has 0 aromatic carbocycles. The second-order valence-electron chi connectivity index (χ2n) is 0.449. The number of halogens is 7. The Morgan fingerprint density at radius 2 is 1.20 bits per heavy atom. The Hall–Kier alpha value is 4.89. The average molecular weight is 472 g/mol. The molecule has 0 aliphatic rings. The van der Waals surface area contributed by atoms with Gasteiger partial charge in [-0.05, 0) is 0 Å². The molecule has 10 heavy (non-hydrogen) atoms. The van der Waals surface area contributed by atoms with E-state index < -0.39 is 54.8 Å². The van der Waals surface area contributed by atoms with Crippen LogP contribution in [0, 0.1) is 0 Å². The summed E-state index contributed by atoms with van der Waals surface area (Å²) >= 11 is -0.844. The molecule has 0 nitrogen and oxygen atoms in total. The van der Waals surface area contributed by atoms with Gasteiger partial charge in [0.2, 0.25) is 0 Å². The number of hydrogen-bond acceptors (Lipinski definition) is 0. The molecule has 56 valence electrons. The zero-order valence-electron chi connectivity index (χ0n) is 4.64. The molecule has 0 radical (unpaired) electrons. The van der Waals surface area contributed by atoms with Crippen molar-refractivity contribution < 1.29 is 12.6 Å². The topological polar surface area (TPSA) is 0 Å². The summed E-state index contributed by atoms with van der Waals surface area (Å²) in [5.41, 5.74) is 0. The van der Waals surface area contributed by atoms with Crippen molar-refractivity contribution in [1.82, 2.24) is 0 Å². The van der Waals surface area contributed by atoms with Gasteiger partial charge in [0.05, 0.1) is 0 Å². The Kier molecular flexibility index (Phi) is 47.9. The Morgan fingerprint density at radius 3 is 1.20 bits per heavy atom. The average Bonchev–Trinajstić information content (AvgIpc) is 1.65. The Morgan fingerprint density at radius 1 is 1.20 bits per heavy atom. The van der Waals surface area contributed by atoms with E-state index in [1.807, 2.05) is 0 Å². The molecular formula is AlCaCl6IZn. The van der Waals surface area contributed by atoms with E-state index in [1.165, 1.54) is 0 Å². The summed E-state index contributed by atoms with van der Waals surface area (Å²) in [5.74, 6) is 0. The molecular weight excluding hydrogens is 472 g/mol.